The number of phenolic OH excluding ortho intramolecular Hbond substituents is 1. The van der Waals surface area contributed by atoms with Gasteiger partial charge in [0.15, 0.2) is 0 Å². The molecule has 0 aliphatic carbocycles. The molecule has 0 fully saturated rings. The number of carbonyl (C=O) groups is 1. The Bertz CT molecular complexity index is 592. The van der Waals surface area contributed by atoms with E-state index in [1.54, 1.807) is 22.3 Å². The summed E-state index contributed by atoms with van der Waals surface area (Å²) >= 11 is 1.60. The van der Waals surface area contributed by atoms with Gasteiger partial charge in [0.2, 0.25) is 5.91 Å². The monoisotopic (exact) mass is 273 g/mol. The molecule has 1 aliphatic heterocycles. The SMILES string of the molecule is O=C(Cc1ccsc1)N1CCCc2cccc(O)c21. The number of phenols is 1. The highest BCUT2D eigenvalue weighted by atomic mass is 32.1. The summed E-state index contributed by atoms with van der Waals surface area (Å²) in [4.78, 5) is 14.1. The van der Waals surface area contributed by atoms with Gasteiger partial charge in [-0.1, -0.05) is 12.1 Å². The molecule has 4 heteroatoms. The van der Waals surface area contributed by atoms with Gasteiger partial charge in [0, 0.05) is 6.54 Å². The van der Waals surface area contributed by atoms with E-state index in [0.29, 0.717) is 18.7 Å². The number of benzene rings is 1. The molecule has 0 atom stereocenters. The molecule has 0 spiro atoms. The van der Waals surface area contributed by atoms with Crippen LogP contribution < -0.4 is 4.90 Å². The molecular formula is C15H15NO2S. The zero-order valence-corrected chi connectivity index (χ0v) is 11.3. The van der Waals surface area contributed by atoms with Crippen molar-refractivity contribution in [3.05, 3.63) is 46.2 Å². The third-order valence-corrected chi connectivity index (χ3v) is 4.16. The fraction of sp³-hybridized carbons (Fsp3) is 0.267. The van der Waals surface area contributed by atoms with Crippen molar-refractivity contribution >= 4 is 22.9 Å². The van der Waals surface area contributed by atoms with E-state index in [2.05, 4.69) is 0 Å². The van der Waals surface area contributed by atoms with Crippen LogP contribution in [0.15, 0.2) is 35.0 Å². The van der Waals surface area contributed by atoms with Crippen LogP contribution in [0, 0.1) is 0 Å². The molecule has 98 valence electrons. The lowest BCUT2D eigenvalue weighted by Gasteiger charge is -2.30. The van der Waals surface area contributed by atoms with Gasteiger partial charge in [-0.15, -0.1) is 0 Å². The second kappa shape index (κ2) is 5.05. The van der Waals surface area contributed by atoms with Crippen molar-refractivity contribution < 1.29 is 9.90 Å². The lowest BCUT2D eigenvalue weighted by atomic mass is 10.0. The van der Waals surface area contributed by atoms with Crippen molar-refractivity contribution in [3.63, 3.8) is 0 Å². The summed E-state index contributed by atoms with van der Waals surface area (Å²) in [7, 11) is 0. The molecule has 3 nitrogen and oxygen atoms in total. The number of nitrogens with zero attached hydrogens (tertiary/aromatic N) is 1. The molecule has 1 aromatic heterocycles. The number of hydrogen-bond donors (Lipinski definition) is 1. The third kappa shape index (κ3) is 2.36. The highest BCUT2D eigenvalue weighted by Gasteiger charge is 2.25. The highest BCUT2D eigenvalue weighted by Crippen LogP contribution is 2.35. The zero-order valence-electron chi connectivity index (χ0n) is 10.5. The number of thiophene rings is 1. The Balaban J connectivity index is 1.89. The molecule has 0 unspecified atom stereocenters. The fourth-order valence-electron chi connectivity index (χ4n) is 2.54. The van der Waals surface area contributed by atoms with E-state index in [4.69, 9.17) is 0 Å². The minimum Gasteiger partial charge on any atom is -0.506 e. The minimum absolute atomic E-state index is 0.0563. The highest BCUT2D eigenvalue weighted by molar-refractivity contribution is 7.08. The molecule has 1 amide bonds. The lowest BCUT2D eigenvalue weighted by molar-refractivity contribution is -0.118. The van der Waals surface area contributed by atoms with Gasteiger partial charge < -0.3 is 10.0 Å². The normalized spacial score (nSPS) is 14.2. The molecule has 2 heterocycles. The van der Waals surface area contributed by atoms with Crippen molar-refractivity contribution in [2.45, 2.75) is 19.3 Å². The summed E-state index contributed by atoms with van der Waals surface area (Å²) in [5.74, 6) is 0.261. The van der Waals surface area contributed by atoms with E-state index in [1.165, 1.54) is 0 Å². The minimum atomic E-state index is 0.0563. The summed E-state index contributed by atoms with van der Waals surface area (Å²) in [5.41, 5.74) is 2.80. The van der Waals surface area contributed by atoms with Crippen molar-refractivity contribution in [2.75, 3.05) is 11.4 Å². The van der Waals surface area contributed by atoms with Crippen LogP contribution in [0.25, 0.3) is 0 Å². The number of fused-ring (bicyclic) bond motifs is 1. The number of hydrogen-bond acceptors (Lipinski definition) is 3. The van der Waals surface area contributed by atoms with Crippen LogP contribution >= 0.6 is 11.3 Å². The first-order chi connectivity index (χ1) is 9.25. The van der Waals surface area contributed by atoms with Gasteiger partial charge in [0.25, 0.3) is 0 Å². The fourth-order valence-corrected chi connectivity index (χ4v) is 3.21. The van der Waals surface area contributed by atoms with E-state index in [0.717, 1.165) is 24.0 Å². The van der Waals surface area contributed by atoms with Crippen LogP contribution in [-0.4, -0.2) is 17.6 Å². The maximum absolute atomic E-state index is 12.4. The van der Waals surface area contributed by atoms with Crippen molar-refractivity contribution in [2.24, 2.45) is 0 Å². The topological polar surface area (TPSA) is 40.5 Å². The van der Waals surface area contributed by atoms with Gasteiger partial charge in [-0.25, -0.2) is 0 Å². The predicted molar refractivity (Wildman–Crippen MR) is 76.8 cm³/mol. The first-order valence-electron chi connectivity index (χ1n) is 6.38. The van der Waals surface area contributed by atoms with Crippen LogP contribution in [0.4, 0.5) is 5.69 Å². The largest absolute Gasteiger partial charge is 0.506 e. The van der Waals surface area contributed by atoms with Gasteiger partial charge in [-0.2, -0.15) is 11.3 Å². The van der Waals surface area contributed by atoms with Gasteiger partial charge in [0.1, 0.15) is 5.75 Å². The average molecular weight is 273 g/mol. The smallest absolute Gasteiger partial charge is 0.231 e. The molecule has 0 radical (unpaired) electrons. The van der Waals surface area contributed by atoms with Crippen LogP contribution in [0.5, 0.6) is 5.75 Å². The summed E-state index contributed by atoms with van der Waals surface area (Å²) in [5, 5.41) is 14.0. The van der Waals surface area contributed by atoms with Crippen LogP contribution in [0.2, 0.25) is 0 Å². The Morgan fingerprint density at radius 3 is 3.05 bits per heavy atom. The summed E-state index contributed by atoms with van der Waals surface area (Å²) < 4.78 is 0. The van der Waals surface area contributed by atoms with Crippen molar-refractivity contribution in [3.8, 4) is 5.75 Å². The molecule has 1 N–H and O–H groups in total. The molecule has 1 aliphatic rings. The summed E-state index contributed by atoms with van der Waals surface area (Å²) in [6.07, 6.45) is 2.27. The van der Waals surface area contributed by atoms with Gasteiger partial charge in [-0.05, 0) is 46.9 Å². The maximum Gasteiger partial charge on any atom is 0.231 e. The number of aryl methyl sites for hydroxylation is 1. The van der Waals surface area contributed by atoms with Crippen molar-refractivity contribution in [1.82, 2.24) is 0 Å². The number of carbonyl (C=O) groups excluding carboxylic acids is 1. The van der Waals surface area contributed by atoms with Gasteiger partial charge in [-0.3, -0.25) is 4.79 Å². The Morgan fingerprint density at radius 2 is 2.26 bits per heavy atom. The Labute approximate surface area is 116 Å². The first-order valence-corrected chi connectivity index (χ1v) is 7.32. The number of aromatic hydroxyl groups is 1. The lowest BCUT2D eigenvalue weighted by Crippen LogP contribution is -2.36. The zero-order chi connectivity index (χ0) is 13.2. The van der Waals surface area contributed by atoms with Gasteiger partial charge in [0.05, 0.1) is 12.1 Å². The van der Waals surface area contributed by atoms with E-state index >= 15 is 0 Å². The molecule has 0 bridgehead atoms. The maximum atomic E-state index is 12.4. The molecule has 1 aromatic carbocycles. The van der Waals surface area contributed by atoms with Crippen molar-refractivity contribution in [1.29, 1.82) is 0 Å². The van der Waals surface area contributed by atoms with E-state index < -0.39 is 0 Å². The summed E-state index contributed by atoms with van der Waals surface area (Å²) in [6.45, 7) is 0.688. The number of anilines is 1. The van der Waals surface area contributed by atoms with E-state index in [1.807, 2.05) is 29.0 Å². The quantitative estimate of drug-likeness (QED) is 0.914. The second-order valence-corrected chi connectivity index (χ2v) is 5.52. The third-order valence-electron chi connectivity index (χ3n) is 3.43. The standard InChI is InChI=1S/C15H15NO2S/c17-13-5-1-3-12-4-2-7-16(15(12)13)14(18)9-11-6-8-19-10-11/h1,3,5-6,8,10,17H,2,4,7,9H2. The number of amides is 1. The molecule has 0 saturated heterocycles. The van der Waals surface area contributed by atoms with Crippen LogP contribution in [0.3, 0.4) is 0 Å². The molecule has 19 heavy (non-hydrogen) atoms. The molecule has 0 saturated carbocycles. The molecule has 3 rings (SSSR count). The summed E-state index contributed by atoms with van der Waals surface area (Å²) in [6, 6.07) is 7.44. The number of para-hydroxylation sites is 1. The van der Waals surface area contributed by atoms with Crippen LogP contribution in [0.1, 0.15) is 17.5 Å². The number of rotatable bonds is 2. The molecule has 2 aromatic rings. The Morgan fingerprint density at radius 1 is 1.37 bits per heavy atom. The average Bonchev–Trinajstić information content (AvgIpc) is 2.91. The Kier molecular flexibility index (Phi) is 3.25. The first kappa shape index (κ1) is 12.2. The predicted octanol–water partition coefficient (Wildman–Crippen LogP) is 2.98. The Hall–Kier alpha value is -1.81. The van der Waals surface area contributed by atoms with E-state index in [-0.39, 0.29) is 11.7 Å². The molecular weight excluding hydrogens is 258 g/mol. The van der Waals surface area contributed by atoms with E-state index in [9.17, 15) is 9.90 Å². The second-order valence-electron chi connectivity index (χ2n) is 4.74. The van der Waals surface area contributed by atoms with Gasteiger partial charge >= 0.3 is 0 Å². The van der Waals surface area contributed by atoms with Crippen LogP contribution in [-0.2, 0) is 17.6 Å².